The standard InChI is InChI=1S/C21H22N2O3S/c1-21(2,3)19-12-15(13-27-19)23-20(25)22-14-4-8-17(9-5-14)26-18-10-6-16(24)7-11-18/h4-13,24H,1-3H3,(H2,22,23,25). The van der Waals surface area contributed by atoms with Gasteiger partial charge in [-0.05, 0) is 60.0 Å². The Kier molecular flexibility index (Phi) is 5.37. The number of carbonyl (C=O) groups is 1. The molecule has 0 atom stereocenters. The summed E-state index contributed by atoms with van der Waals surface area (Å²) in [6.07, 6.45) is 0. The topological polar surface area (TPSA) is 70.6 Å². The van der Waals surface area contributed by atoms with Gasteiger partial charge in [0.2, 0.25) is 0 Å². The van der Waals surface area contributed by atoms with Gasteiger partial charge in [-0.2, -0.15) is 0 Å². The van der Waals surface area contributed by atoms with E-state index in [1.807, 2.05) is 11.4 Å². The summed E-state index contributed by atoms with van der Waals surface area (Å²) < 4.78 is 5.69. The summed E-state index contributed by atoms with van der Waals surface area (Å²) in [5.74, 6) is 1.45. The highest BCUT2D eigenvalue weighted by Crippen LogP contribution is 2.31. The molecule has 0 saturated carbocycles. The second kappa shape index (κ2) is 7.72. The van der Waals surface area contributed by atoms with Crippen molar-refractivity contribution in [3.8, 4) is 17.2 Å². The number of nitrogens with one attached hydrogen (secondary N) is 2. The SMILES string of the molecule is CC(C)(C)c1cc(NC(=O)Nc2ccc(Oc3ccc(O)cc3)cc2)cs1. The van der Waals surface area contributed by atoms with Crippen molar-refractivity contribution in [1.29, 1.82) is 0 Å². The van der Waals surface area contributed by atoms with E-state index in [2.05, 4.69) is 31.4 Å². The summed E-state index contributed by atoms with van der Waals surface area (Å²) in [6.45, 7) is 6.43. The molecule has 3 aromatic rings. The number of carbonyl (C=O) groups excluding carboxylic acids is 1. The third kappa shape index (κ3) is 5.24. The molecule has 5 nitrogen and oxygen atoms in total. The molecule has 0 radical (unpaired) electrons. The van der Waals surface area contributed by atoms with Crippen LogP contribution in [0.1, 0.15) is 25.6 Å². The molecular weight excluding hydrogens is 360 g/mol. The van der Waals surface area contributed by atoms with Gasteiger partial charge in [0, 0.05) is 15.9 Å². The Labute approximate surface area is 162 Å². The Morgan fingerprint density at radius 3 is 2.04 bits per heavy atom. The maximum atomic E-state index is 12.2. The van der Waals surface area contributed by atoms with Crippen LogP contribution in [0.4, 0.5) is 16.2 Å². The fourth-order valence-electron chi connectivity index (χ4n) is 2.35. The lowest BCUT2D eigenvalue weighted by Crippen LogP contribution is -2.19. The summed E-state index contributed by atoms with van der Waals surface area (Å²) in [5.41, 5.74) is 1.51. The number of thiophene rings is 1. The Hall–Kier alpha value is -2.99. The van der Waals surface area contributed by atoms with Crippen LogP contribution < -0.4 is 15.4 Å². The molecule has 140 valence electrons. The molecule has 0 aliphatic carbocycles. The quantitative estimate of drug-likeness (QED) is 0.504. The van der Waals surface area contributed by atoms with E-state index in [0.29, 0.717) is 17.2 Å². The number of aromatic hydroxyl groups is 1. The lowest BCUT2D eigenvalue weighted by molar-refractivity contribution is 0.262. The molecule has 0 bridgehead atoms. The van der Waals surface area contributed by atoms with Crippen LogP contribution >= 0.6 is 11.3 Å². The summed E-state index contributed by atoms with van der Waals surface area (Å²) >= 11 is 1.63. The average molecular weight is 382 g/mol. The van der Waals surface area contributed by atoms with Gasteiger partial charge in [0.25, 0.3) is 0 Å². The third-order valence-electron chi connectivity index (χ3n) is 3.78. The van der Waals surface area contributed by atoms with Crippen molar-refractivity contribution in [1.82, 2.24) is 0 Å². The fraction of sp³-hybridized carbons (Fsp3) is 0.190. The van der Waals surface area contributed by atoms with Crippen LogP contribution in [0.2, 0.25) is 0 Å². The van der Waals surface area contributed by atoms with E-state index in [-0.39, 0.29) is 17.2 Å². The largest absolute Gasteiger partial charge is 0.508 e. The minimum absolute atomic E-state index is 0.0639. The lowest BCUT2D eigenvalue weighted by Gasteiger charge is -2.15. The maximum absolute atomic E-state index is 12.2. The minimum atomic E-state index is -0.291. The Morgan fingerprint density at radius 2 is 1.48 bits per heavy atom. The van der Waals surface area contributed by atoms with Crippen LogP contribution in [0.25, 0.3) is 0 Å². The Morgan fingerprint density at radius 1 is 0.926 bits per heavy atom. The van der Waals surface area contributed by atoms with Gasteiger partial charge in [-0.15, -0.1) is 11.3 Å². The van der Waals surface area contributed by atoms with E-state index < -0.39 is 0 Å². The van der Waals surface area contributed by atoms with Crippen molar-refractivity contribution in [2.24, 2.45) is 0 Å². The molecule has 0 aliphatic heterocycles. The molecule has 2 aromatic carbocycles. The third-order valence-corrected chi connectivity index (χ3v) is 5.14. The Balaban J connectivity index is 1.56. The minimum Gasteiger partial charge on any atom is -0.508 e. The van der Waals surface area contributed by atoms with Crippen molar-refractivity contribution >= 4 is 28.7 Å². The smallest absolute Gasteiger partial charge is 0.323 e. The van der Waals surface area contributed by atoms with Crippen molar-refractivity contribution in [2.45, 2.75) is 26.2 Å². The number of rotatable bonds is 4. The van der Waals surface area contributed by atoms with Gasteiger partial charge in [0.1, 0.15) is 17.2 Å². The molecule has 0 fully saturated rings. The van der Waals surface area contributed by atoms with Gasteiger partial charge in [-0.1, -0.05) is 20.8 Å². The average Bonchev–Trinajstić information content (AvgIpc) is 3.07. The number of hydrogen-bond donors (Lipinski definition) is 3. The predicted molar refractivity (Wildman–Crippen MR) is 110 cm³/mol. The number of benzene rings is 2. The Bertz CT molecular complexity index is 910. The molecule has 1 aromatic heterocycles. The van der Waals surface area contributed by atoms with Crippen molar-refractivity contribution in [3.63, 3.8) is 0 Å². The van der Waals surface area contributed by atoms with Gasteiger partial charge in [-0.25, -0.2) is 4.79 Å². The van der Waals surface area contributed by atoms with Crippen LogP contribution in [0.15, 0.2) is 60.0 Å². The van der Waals surface area contributed by atoms with E-state index in [1.54, 1.807) is 59.9 Å². The zero-order valence-electron chi connectivity index (χ0n) is 15.4. The molecule has 0 spiro atoms. The highest BCUT2D eigenvalue weighted by molar-refractivity contribution is 7.10. The van der Waals surface area contributed by atoms with Crippen LogP contribution in [0.3, 0.4) is 0 Å². The molecule has 6 heteroatoms. The molecule has 3 rings (SSSR count). The highest BCUT2D eigenvalue weighted by Gasteiger charge is 2.16. The van der Waals surface area contributed by atoms with Gasteiger partial charge in [-0.3, -0.25) is 0 Å². The molecule has 27 heavy (non-hydrogen) atoms. The van der Waals surface area contributed by atoms with Crippen LogP contribution in [-0.2, 0) is 5.41 Å². The molecular formula is C21H22N2O3S. The van der Waals surface area contributed by atoms with Gasteiger partial charge in [0.15, 0.2) is 0 Å². The molecule has 0 aliphatic rings. The summed E-state index contributed by atoms with van der Waals surface area (Å²) in [5, 5.41) is 16.9. The van der Waals surface area contributed by atoms with E-state index in [0.717, 1.165) is 5.69 Å². The number of phenolic OH excluding ortho intramolecular Hbond substituents is 1. The normalized spacial score (nSPS) is 11.1. The van der Waals surface area contributed by atoms with E-state index in [4.69, 9.17) is 4.74 Å². The van der Waals surface area contributed by atoms with E-state index >= 15 is 0 Å². The molecule has 2 amide bonds. The summed E-state index contributed by atoms with van der Waals surface area (Å²) in [6, 6.07) is 15.3. The maximum Gasteiger partial charge on any atom is 0.323 e. The molecule has 3 N–H and O–H groups in total. The van der Waals surface area contributed by atoms with E-state index in [9.17, 15) is 9.90 Å². The first-order valence-corrected chi connectivity index (χ1v) is 9.41. The van der Waals surface area contributed by atoms with Crippen molar-refractivity contribution < 1.29 is 14.6 Å². The summed E-state index contributed by atoms with van der Waals surface area (Å²) in [4.78, 5) is 13.4. The zero-order chi connectivity index (χ0) is 19.4. The molecule has 0 saturated heterocycles. The van der Waals surface area contributed by atoms with Crippen molar-refractivity contribution in [2.75, 3.05) is 10.6 Å². The number of amides is 2. The molecule has 1 heterocycles. The van der Waals surface area contributed by atoms with Crippen LogP contribution in [0.5, 0.6) is 17.2 Å². The first kappa shape index (κ1) is 18.8. The second-order valence-corrected chi connectivity index (χ2v) is 8.06. The first-order chi connectivity index (χ1) is 12.8. The fourth-order valence-corrected chi connectivity index (χ4v) is 3.27. The number of ether oxygens (including phenoxy) is 1. The lowest BCUT2D eigenvalue weighted by atomic mass is 9.95. The number of hydrogen-bond acceptors (Lipinski definition) is 4. The highest BCUT2D eigenvalue weighted by atomic mass is 32.1. The summed E-state index contributed by atoms with van der Waals surface area (Å²) in [7, 11) is 0. The zero-order valence-corrected chi connectivity index (χ0v) is 16.3. The van der Waals surface area contributed by atoms with Gasteiger partial charge < -0.3 is 20.5 Å². The number of anilines is 2. The van der Waals surface area contributed by atoms with Gasteiger partial charge >= 0.3 is 6.03 Å². The second-order valence-electron chi connectivity index (χ2n) is 7.15. The van der Waals surface area contributed by atoms with Crippen LogP contribution in [0, 0.1) is 0 Å². The van der Waals surface area contributed by atoms with Gasteiger partial charge in [0.05, 0.1) is 5.69 Å². The van der Waals surface area contributed by atoms with Crippen LogP contribution in [-0.4, -0.2) is 11.1 Å². The molecule has 0 unspecified atom stereocenters. The number of phenols is 1. The first-order valence-electron chi connectivity index (χ1n) is 8.53. The van der Waals surface area contributed by atoms with E-state index in [1.165, 1.54) is 4.88 Å². The number of urea groups is 1. The predicted octanol–water partition coefficient (Wildman–Crippen LogP) is 6.19. The van der Waals surface area contributed by atoms with Crippen molar-refractivity contribution in [3.05, 3.63) is 64.9 Å². The monoisotopic (exact) mass is 382 g/mol.